The van der Waals surface area contributed by atoms with Crippen LogP contribution in [0.2, 0.25) is 0 Å². The van der Waals surface area contributed by atoms with Gasteiger partial charge in [0.05, 0.1) is 11.2 Å². The van der Waals surface area contributed by atoms with Gasteiger partial charge in [0.15, 0.2) is 0 Å². The molecule has 0 spiro atoms. The van der Waals surface area contributed by atoms with Crippen molar-refractivity contribution in [3.8, 4) is 6.07 Å². The summed E-state index contributed by atoms with van der Waals surface area (Å²) in [6, 6.07) is 17.1. The van der Waals surface area contributed by atoms with Crippen LogP contribution in [0.25, 0.3) is 10.9 Å². The van der Waals surface area contributed by atoms with Gasteiger partial charge in [-0.05, 0) is 23.8 Å². The van der Waals surface area contributed by atoms with Crippen molar-refractivity contribution < 1.29 is 4.39 Å². The molecule has 0 atom stereocenters. The summed E-state index contributed by atoms with van der Waals surface area (Å²) >= 11 is 0. The maximum Gasteiger partial charge on any atom is 0.143 e. The van der Waals surface area contributed by atoms with Crippen molar-refractivity contribution in [3.05, 3.63) is 71.7 Å². The predicted octanol–water partition coefficient (Wildman–Crippen LogP) is 3.57. The summed E-state index contributed by atoms with van der Waals surface area (Å²) in [7, 11) is 0. The van der Waals surface area contributed by atoms with E-state index in [1.807, 2.05) is 24.4 Å². The molecule has 1 aromatic heterocycles. The van der Waals surface area contributed by atoms with E-state index in [1.165, 1.54) is 11.6 Å². The number of piperazine rings is 1. The van der Waals surface area contributed by atoms with Crippen LogP contribution in [0.4, 0.5) is 10.1 Å². The second-order valence-electron chi connectivity index (χ2n) is 6.50. The van der Waals surface area contributed by atoms with E-state index < -0.39 is 5.82 Å². The zero-order chi connectivity index (χ0) is 17.9. The SMILES string of the molecule is N#Cc1c(F)cccc1N1CCN(Cc2cccc3cccnc23)CC1. The van der Waals surface area contributed by atoms with Crippen molar-refractivity contribution in [1.29, 1.82) is 5.26 Å². The Morgan fingerprint density at radius 1 is 1.00 bits per heavy atom. The smallest absolute Gasteiger partial charge is 0.143 e. The number of anilines is 1. The first kappa shape index (κ1) is 16.5. The third-order valence-corrected chi connectivity index (χ3v) is 4.93. The van der Waals surface area contributed by atoms with E-state index >= 15 is 0 Å². The number of rotatable bonds is 3. The van der Waals surface area contributed by atoms with Crippen LogP contribution in [0.5, 0.6) is 0 Å². The van der Waals surface area contributed by atoms with Gasteiger partial charge >= 0.3 is 0 Å². The molecule has 0 saturated carbocycles. The molecule has 0 amide bonds. The molecule has 130 valence electrons. The lowest BCUT2D eigenvalue weighted by atomic mass is 10.1. The maximum absolute atomic E-state index is 13.9. The topological polar surface area (TPSA) is 43.2 Å². The Kier molecular flexibility index (Phi) is 4.51. The van der Waals surface area contributed by atoms with E-state index in [2.05, 4.69) is 39.0 Å². The lowest BCUT2D eigenvalue weighted by Gasteiger charge is -2.36. The van der Waals surface area contributed by atoms with Crippen LogP contribution in [0.15, 0.2) is 54.7 Å². The van der Waals surface area contributed by atoms with E-state index in [0.29, 0.717) is 5.69 Å². The molecule has 2 heterocycles. The number of hydrogen-bond acceptors (Lipinski definition) is 4. The fourth-order valence-corrected chi connectivity index (χ4v) is 3.57. The van der Waals surface area contributed by atoms with Crippen molar-refractivity contribution >= 4 is 16.6 Å². The molecule has 0 bridgehead atoms. The fraction of sp³-hybridized carbons (Fsp3) is 0.238. The molecular formula is C21H19FN4. The summed E-state index contributed by atoms with van der Waals surface area (Å²) in [6.07, 6.45) is 1.83. The Hall–Kier alpha value is -2.97. The van der Waals surface area contributed by atoms with Gasteiger partial charge in [0.2, 0.25) is 0 Å². The molecule has 4 nitrogen and oxygen atoms in total. The van der Waals surface area contributed by atoms with Gasteiger partial charge < -0.3 is 4.90 Å². The molecule has 3 aromatic rings. The molecule has 0 radical (unpaired) electrons. The first-order valence-electron chi connectivity index (χ1n) is 8.75. The Labute approximate surface area is 152 Å². The molecule has 2 aromatic carbocycles. The number of nitrogens with zero attached hydrogens (tertiary/aromatic N) is 4. The van der Waals surface area contributed by atoms with Crippen LogP contribution in [0.1, 0.15) is 11.1 Å². The van der Waals surface area contributed by atoms with E-state index in [9.17, 15) is 9.65 Å². The summed E-state index contributed by atoms with van der Waals surface area (Å²) in [5.41, 5.74) is 3.10. The first-order chi connectivity index (χ1) is 12.8. The summed E-state index contributed by atoms with van der Waals surface area (Å²) in [5, 5.41) is 10.4. The lowest BCUT2D eigenvalue weighted by Crippen LogP contribution is -2.46. The first-order valence-corrected chi connectivity index (χ1v) is 8.75. The highest BCUT2D eigenvalue weighted by atomic mass is 19.1. The Bertz CT molecular complexity index is 966. The van der Waals surface area contributed by atoms with Gasteiger partial charge in [-0.1, -0.05) is 30.3 Å². The molecule has 1 aliphatic heterocycles. The van der Waals surface area contributed by atoms with Crippen LogP contribution in [-0.2, 0) is 6.54 Å². The third-order valence-electron chi connectivity index (χ3n) is 4.93. The standard InChI is InChI=1S/C21H19FN4/c22-19-7-2-8-20(18(19)14-23)26-12-10-25(11-13-26)15-17-5-1-4-16-6-3-9-24-21(16)17/h1-9H,10-13,15H2. The third kappa shape index (κ3) is 3.12. The Balaban J connectivity index is 1.48. The summed E-state index contributed by atoms with van der Waals surface area (Å²) in [6.45, 7) is 4.12. The minimum atomic E-state index is -0.450. The van der Waals surface area contributed by atoms with Crippen LogP contribution in [0.3, 0.4) is 0 Å². The summed E-state index contributed by atoms with van der Waals surface area (Å²) < 4.78 is 13.9. The highest BCUT2D eigenvalue weighted by Crippen LogP contribution is 2.24. The number of nitriles is 1. The van der Waals surface area contributed by atoms with Gasteiger partial charge in [0.1, 0.15) is 17.4 Å². The van der Waals surface area contributed by atoms with Gasteiger partial charge in [-0.3, -0.25) is 9.88 Å². The number of hydrogen-bond donors (Lipinski definition) is 0. The molecule has 0 N–H and O–H groups in total. The summed E-state index contributed by atoms with van der Waals surface area (Å²) in [4.78, 5) is 9.00. The van der Waals surface area contributed by atoms with Gasteiger partial charge in [-0.15, -0.1) is 0 Å². The molecule has 4 rings (SSSR count). The number of benzene rings is 2. The van der Waals surface area contributed by atoms with Crippen LogP contribution in [0, 0.1) is 17.1 Å². The molecule has 0 unspecified atom stereocenters. The molecular weight excluding hydrogens is 327 g/mol. The lowest BCUT2D eigenvalue weighted by molar-refractivity contribution is 0.250. The molecule has 1 fully saturated rings. The Morgan fingerprint density at radius 3 is 2.58 bits per heavy atom. The van der Waals surface area contributed by atoms with Gasteiger partial charge in [-0.25, -0.2) is 4.39 Å². The molecule has 1 saturated heterocycles. The highest BCUT2D eigenvalue weighted by molar-refractivity contribution is 5.81. The fourth-order valence-electron chi connectivity index (χ4n) is 3.57. The Morgan fingerprint density at radius 2 is 1.77 bits per heavy atom. The van der Waals surface area contributed by atoms with E-state index in [4.69, 9.17) is 0 Å². The van der Waals surface area contributed by atoms with Crippen LogP contribution >= 0.6 is 0 Å². The van der Waals surface area contributed by atoms with Gasteiger partial charge in [0.25, 0.3) is 0 Å². The number of para-hydroxylation sites is 1. The maximum atomic E-state index is 13.9. The predicted molar refractivity (Wildman–Crippen MR) is 100 cm³/mol. The number of pyridine rings is 1. The number of halogens is 1. The molecule has 26 heavy (non-hydrogen) atoms. The molecule has 0 aliphatic carbocycles. The summed E-state index contributed by atoms with van der Waals surface area (Å²) in [5.74, 6) is -0.450. The largest absolute Gasteiger partial charge is 0.368 e. The van der Waals surface area contributed by atoms with E-state index in [-0.39, 0.29) is 5.56 Å². The average molecular weight is 346 g/mol. The van der Waals surface area contributed by atoms with Crippen LogP contribution in [-0.4, -0.2) is 36.1 Å². The van der Waals surface area contributed by atoms with Crippen molar-refractivity contribution in [1.82, 2.24) is 9.88 Å². The van der Waals surface area contributed by atoms with Crippen molar-refractivity contribution in [2.45, 2.75) is 6.54 Å². The van der Waals surface area contributed by atoms with E-state index in [1.54, 1.807) is 6.07 Å². The second-order valence-corrected chi connectivity index (χ2v) is 6.50. The van der Waals surface area contributed by atoms with Gasteiger partial charge in [-0.2, -0.15) is 5.26 Å². The zero-order valence-corrected chi connectivity index (χ0v) is 14.4. The average Bonchev–Trinajstić information content (AvgIpc) is 2.69. The minimum Gasteiger partial charge on any atom is -0.368 e. The monoisotopic (exact) mass is 346 g/mol. The van der Waals surface area contributed by atoms with Crippen LogP contribution < -0.4 is 4.90 Å². The van der Waals surface area contributed by atoms with Gasteiger partial charge in [0, 0.05) is 44.3 Å². The minimum absolute atomic E-state index is 0.138. The quantitative estimate of drug-likeness (QED) is 0.727. The normalized spacial score (nSPS) is 15.2. The van der Waals surface area contributed by atoms with Crippen molar-refractivity contribution in [3.63, 3.8) is 0 Å². The molecule has 5 heteroatoms. The van der Waals surface area contributed by atoms with E-state index in [0.717, 1.165) is 43.6 Å². The highest BCUT2D eigenvalue weighted by Gasteiger charge is 2.21. The molecule has 1 aliphatic rings. The zero-order valence-electron chi connectivity index (χ0n) is 14.4. The van der Waals surface area contributed by atoms with Crippen molar-refractivity contribution in [2.75, 3.05) is 31.1 Å². The number of aromatic nitrogens is 1. The second kappa shape index (κ2) is 7.11. The van der Waals surface area contributed by atoms with Crippen molar-refractivity contribution in [2.24, 2.45) is 0 Å². The number of fused-ring (bicyclic) bond motifs is 1.